The van der Waals surface area contributed by atoms with Crippen LogP contribution < -0.4 is 15.9 Å². The minimum Gasteiger partial charge on any atom is -0.481 e. The van der Waals surface area contributed by atoms with Crippen LogP contribution >= 0.6 is 0 Å². The third kappa shape index (κ3) is 4.28. The Morgan fingerprint density at radius 3 is 2.61 bits per heavy atom. The largest absolute Gasteiger partial charge is 0.481 e. The van der Waals surface area contributed by atoms with Gasteiger partial charge in [0.1, 0.15) is 22.7 Å². The third-order valence-corrected chi connectivity index (χ3v) is 5.84. The Balaban J connectivity index is 1.84. The van der Waals surface area contributed by atoms with Crippen LogP contribution in [0.25, 0.3) is 11.0 Å². The summed E-state index contributed by atoms with van der Waals surface area (Å²) in [6.45, 7) is 0.181. The Morgan fingerprint density at radius 2 is 1.94 bits per heavy atom. The minimum absolute atomic E-state index is 0.0691. The maximum atomic E-state index is 14.3. The van der Waals surface area contributed by atoms with Gasteiger partial charge in [-0.2, -0.15) is 0 Å². The number of fused-ring (bicyclic) bond motifs is 1. The Kier molecular flexibility index (Phi) is 6.08. The first-order valence-corrected chi connectivity index (χ1v) is 10.4. The third-order valence-electron chi connectivity index (χ3n) is 5.84. The number of benzene rings is 1. The van der Waals surface area contributed by atoms with Crippen LogP contribution in [0, 0.1) is 17.6 Å². The Hall–Kier alpha value is -3.82. The molecule has 8 nitrogen and oxygen atoms in total. The molecule has 172 valence electrons. The van der Waals surface area contributed by atoms with Crippen molar-refractivity contribution in [3.8, 4) is 5.88 Å². The zero-order valence-corrected chi connectivity index (χ0v) is 17.9. The van der Waals surface area contributed by atoms with Crippen molar-refractivity contribution >= 4 is 22.8 Å². The predicted octanol–water partition coefficient (Wildman–Crippen LogP) is 2.07. The summed E-state index contributed by atoms with van der Waals surface area (Å²) in [5.41, 5.74) is 4.55. The molecule has 1 fully saturated rings. The predicted molar refractivity (Wildman–Crippen MR) is 116 cm³/mol. The highest BCUT2D eigenvalue weighted by atomic mass is 19.1. The van der Waals surface area contributed by atoms with Crippen molar-refractivity contribution in [3.63, 3.8) is 0 Å². The lowest BCUT2D eigenvalue weighted by atomic mass is 9.97. The average Bonchev–Trinajstić information content (AvgIpc) is 2.82. The smallest absolute Gasteiger partial charge is 0.259 e. The van der Waals surface area contributed by atoms with Gasteiger partial charge in [-0.15, -0.1) is 0 Å². The summed E-state index contributed by atoms with van der Waals surface area (Å²) in [6, 6.07) is 6.58. The number of hydrogen-bond donors (Lipinski definition) is 1. The van der Waals surface area contributed by atoms with Gasteiger partial charge in [0.05, 0.1) is 25.1 Å². The number of piperidine rings is 1. The molecule has 2 amide bonds. The van der Waals surface area contributed by atoms with E-state index in [0.29, 0.717) is 19.4 Å². The monoisotopic (exact) mass is 456 g/mol. The summed E-state index contributed by atoms with van der Waals surface area (Å²) < 4.78 is 35.2. The van der Waals surface area contributed by atoms with Crippen LogP contribution in [0.15, 0.2) is 41.3 Å². The van der Waals surface area contributed by atoms with Crippen LogP contribution in [0.4, 0.5) is 8.78 Å². The number of amides is 2. The van der Waals surface area contributed by atoms with E-state index in [1.165, 1.54) is 34.9 Å². The van der Waals surface area contributed by atoms with Crippen LogP contribution in [0.1, 0.15) is 28.8 Å². The molecular weight excluding hydrogens is 434 g/mol. The van der Waals surface area contributed by atoms with Gasteiger partial charge >= 0.3 is 0 Å². The fourth-order valence-electron chi connectivity index (χ4n) is 4.06. The molecule has 1 unspecified atom stereocenters. The number of carbonyl (C=O) groups excluding carboxylic acids is 2. The van der Waals surface area contributed by atoms with Gasteiger partial charge in [-0.25, -0.2) is 13.8 Å². The van der Waals surface area contributed by atoms with Crippen molar-refractivity contribution in [2.75, 3.05) is 20.2 Å². The number of nitrogens with two attached hydrogens (primary N) is 1. The number of aromatic nitrogens is 2. The molecule has 0 saturated carbocycles. The molecule has 10 heteroatoms. The molecule has 2 aromatic heterocycles. The zero-order valence-electron chi connectivity index (χ0n) is 17.9. The summed E-state index contributed by atoms with van der Waals surface area (Å²) in [5.74, 6) is -2.96. The number of ether oxygens (including phenoxy) is 1. The SMILES string of the molecule is COc1ccc2c(n1)c(=O)c(C(=O)N1CCCC(C(N)=O)C1)cn2Cc1c(F)cccc1F. The molecule has 2 N–H and O–H groups in total. The van der Waals surface area contributed by atoms with Crippen molar-refractivity contribution in [2.45, 2.75) is 19.4 Å². The fraction of sp³-hybridized carbons (Fsp3) is 0.304. The molecule has 4 rings (SSSR count). The van der Waals surface area contributed by atoms with Crippen molar-refractivity contribution in [1.29, 1.82) is 0 Å². The van der Waals surface area contributed by atoms with Crippen molar-refractivity contribution in [1.82, 2.24) is 14.5 Å². The van der Waals surface area contributed by atoms with E-state index in [0.717, 1.165) is 12.1 Å². The van der Waals surface area contributed by atoms with Crippen molar-refractivity contribution in [3.05, 3.63) is 69.5 Å². The summed E-state index contributed by atoms with van der Waals surface area (Å²) in [6.07, 6.45) is 2.40. The number of rotatable bonds is 5. The maximum Gasteiger partial charge on any atom is 0.259 e. The molecule has 1 aliphatic heterocycles. The maximum absolute atomic E-state index is 14.3. The van der Waals surface area contributed by atoms with Crippen LogP contribution in [0.5, 0.6) is 5.88 Å². The summed E-state index contributed by atoms with van der Waals surface area (Å²) in [7, 11) is 1.38. The van der Waals surface area contributed by atoms with E-state index in [-0.39, 0.29) is 41.1 Å². The first-order valence-electron chi connectivity index (χ1n) is 10.4. The first kappa shape index (κ1) is 22.4. The van der Waals surface area contributed by atoms with Crippen LogP contribution in [-0.2, 0) is 11.3 Å². The average molecular weight is 456 g/mol. The van der Waals surface area contributed by atoms with Gasteiger partial charge in [0.2, 0.25) is 17.2 Å². The van der Waals surface area contributed by atoms with Gasteiger partial charge < -0.3 is 19.9 Å². The minimum atomic E-state index is -0.753. The van der Waals surface area contributed by atoms with Gasteiger partial charge in [0.15, 0.2) is 0 Å². The van der Waals surface area contributed by atoms with Gasteiger partial charge in [-0.05, 0) is 31.0 Å². The molecule has 0 aliphatic carbocycles. The fourth-order valence-corrected chi connectivity index (χ4v) is 4.06. The molecular formula is C23H22F2N4O4. The Morgan fingerprint density at radius 1 is 1.21 bits per heavy atom. The van der Waals surface area contributed by atoms with E-state index >= 15 is 0 Å². The highest BCUT2D eigenvalue weighted by molar-refractivity contribution is 5.97. The van der Waals surface area contributed by atoms with E-state index in [2.05, 4.69) is 4.98 Å². The van der Waals surface area contributed by atoms with Crippen LogP contribution in [0.3, 0.4) is 0 Å². The first-order chi connectivity index (χ1) is 15.8. The second-order valence-corrected chi connectivity index (χ2v) is 7.91. The van der Waals surface area contributed by atoms with E-state index in [1.54, 1.807) is 6.07 Å². The lowest BCUT2D eigenvalue weighted by Gasteiger charge is -2.31. The van der Waals surface area contributed by atoms with Gasteiger partial charge in [-0.3, -0.25) is 14.4 Å². The molecule has 1 aliphatic rings. The number of nitrogens with zero attached hydrogens (tertiary/aromatic N) is 3. The van der Waals surface area contributed by atoms with Crippen molar-refractivity contribution < 1.29 is 23.1 Å². The highest BCUT2D eigenvalue weighted by Crippen LogP contribution is 2.22. The Labute approximate surface area is 187 Å². The number of primary amides is 1. The van der Waals surface area contributed by atoms with E-state index in [4.69, 9.17) is 10.5 Å². The van der Waals surface area contributed by atoms with E-state index in [9.17, 15) is 23.2 Å². The zero-order chi connectivity index (χ0) is 23.7. The number of halogens is 2. The van der Waals surface area contributed by atoms with E-state index < -0.39 is 34.8 Å². The van der Waals surface area contributed by atoms with Crippen LogP contribution in [-0.4, -0.2) is 46.5 Å². The topological polar surface area (TPSA) is 108 Å². The lowest BCUT2D eigenvalue weighted by molar-refractivity contribution is -0.123. The van der Waals surface area contributed by atoms with Gasteiger partial charge in [0, 0.05) is 30.9 Å². The summed E-state index contributed by atoms with van der Waals surface area (Å²) in [4.78, 5) is 43.7. The molecule has 3 aromatic rings. The van der Waals surface area contributed by atoms with Gasteiger partial charge in [0.25, 0.3) is 5.91 Å². The molecule has 0 radical (unpaired) electrons. The lowest BCUT2D eigenvalue weighted by Crippen LogP contribution is -2.45. The van der Waals surface area contributed by atoms with Gasteiger partial charge in [-0.1, -0.05) is 6.07 Å². The standard InChI is InChI=1S/C23H22F2N4O4/c1-33-19-8-7-18-20(27-19)21(30)15(23(32)28-9-3-4-13(10-28)22(26)31)12-29(18)11-14-16(24)5-2-6-17(14)25/h2,5-8,12-13H,3-4,9-11H2,1H3,(H2,26,31). The number of hydrogen-bond acceptors (Lipinski definition) is 5. The van der Waals surface area contributed by atoms with E-state index in [1.807, 2.05) is 0 Å². The molecule has 0 spiro atoms. The molecule has 1 saturated heterocycles. The normalized spacial score (nSPS) is 16.1. The Bertz CT molecular complexity index is 1290. The number of likely N-dealkylation sites (tertiary alicyclic amines) is 1. The second kappa shape index (κ2) is 8.97. The number of methoxy groups -OCH3 is 1. The van der Waals surface area contributed by atoms with Crippen molar-refractivity contribution in [2.24, 2.45) is 11.7 Å². The molecule has 1 atom stereocenters. The summed E-state index contributed by atoms with van der Waals surface area (Å²) in [5, 5.41) is 0. The number of carbonyl (C=O) groups is 2. The molecule has 33 heavy (non-hydrogen) atoms. The molecule has 0 bridgehead atoms. The quantitative estimate of drug-likeness (QED) is 0.633. The highest BCUT2D eigenvalue weighted by Gasteiger charge is 2.29. The number of pyridine rings is 2. The molecule has 3 heterocycles. The summed E-state index contributed by atoms with van der Waals surface area (Å²) >= 11 is 0. The molecule has 1 aromatic carbocycles. The van der Waals surface area contributed by atoms with Crippen LogP contribution in [0.2, 0.25) is 0 Å². The second-order valence-electron chi connectivity index (χ2n) is 7.91.